The first-order chi connectivity index (χ1) is 13.4. The Labute approximate surface area is 166 Å². The Morgan fingerprint density at radius 3 is 2.21 bits per heavy atom. The molecule has 0 aliphatic rings. The molecule has 152 valence electrons. The third kappa shape index (κ3) is 5.88. The lowest BCUT2D eigenvalue weighted by Crippen LogP contribution is -2.49. The lowest BCUT2D eigenvalue weighted by Gasteiger charge is -2.30. The summed E-state index contributed by atoms with van der Waals surface area (Å²) in [5, 5.41) is 2.75. The van der Waals surface area contributed by atoms with Crippen LogP contribution in [0.4, 0.5) is 5.69 Å². The molecule has 0 bridgehead atoms. The average Bonchev–Trinajstić information content (AvgIpc) is 2.69. The Balaban J connectivity index is 1.97. The van der Waals surface area contributed by atoms with Gasteiger partial charge in [0.05, 0.1) is 25.6 Å². The summed E-state index contributed by atoms with van der Waals surface area (Å²) in [4.78, 5) is 12.6. The van der Waals surface area contributed by atoms with Crippen molar-refractivity contribution in [3.05, 3.63) is 54.6 Å². The maximum Gasteiger partial charge on any atom is 0.244 e. The highest BCUT2D eigenvalue weighted by molar-refractivity contribution is 7.92. The van der Waals surface area contributed by atoms with Crippen LogP contribution in [0.5, 0.6) is 11.5 Å². The zero-order chi connectivity index (χ0) is 20.6. The van der Waals surface area contributed by atoms with Crippen molar-refractivity contribution in [1.29, 1.82) is 0 Å². The zero-order valence-electron chi connectivity index (χ0n) is 16.3. The van der Waals surface area contributed by atoms with E-state index in [1.54, 1.807) is 68.6 Å². The van der Waals surface area contributed by atoms with Gasteiger partial charge < -0.3 is 14.8 Å². The normalized spacial score (nSPS) is 12.1. The van der Waals surface area contributed by atoms with Gasteiger partial charge in [0.15, 0.2) is 0 Å². The van der Waals surface area contributed by atoms with E-state index in [1.165, 1.54) is 0 Å². The Hall–Kier alpha value is -2.74. The number of hydrogen-bond donors (Lipinski definition) is 1. The summed E-state index contributed by atoms with van der Waals surface area (Å²) < 4.78 is 36.5. The van der Waals surface area contributed by atoms with Crippen LogP contribution in [0.15, 0.2) is 54.6 Å². The van der Waals surface area contributed by atoms with E-state index in [2.05, 4.69) is 5.32 Å². The number of nitrogens with zero attached hydrogens (tertiary/aromatic N) is 1. The second kappa shape index (κ2) is 9.98. The highest BCUT2D eigenvalue weighted by Gasteiger charge is 2.31. The summed E-state index contributed by atoms with van der Waals surface area (Å²) in [5.74, 6) is 1.02. The predicted octanol–water partition coefficient (Wildman–Crippen LogP) is 2.44. The fourth-order valence-electron chi connectivity index (χ4n) is 2.77. The SMILES string of the molecule is CC[C@H](C(=O)NCCOc1ccc(OC)cc1)N(c1ccccc1)S(C)(=O)=O. The van der Waals surface area contributed by atoms with Crippen molar-refractivity contribution in [2.24, 2.45) is 0 Å². The number of rotatable bonds is 10. The molecule has 0 aromatic heterocycles. The second-order valence-corrected chi connectivity index (χ2v) is 7.99. The maximum atomic E-state index is 12.6. The van der Waals surface area contributed by atoms with E-state index in [-0.39, 0.29) is 19.1 Å². The van der Waals surface area contributed by atoms with Crippen LogP contribution in [0.3, 0.4) is 0 Å². The van der Waals surface area contributed by atoms with Gasteiger partial charge in [0.25, 0.3) is 0 Å². The summed E-state index contributed by atoms with van der Waals surface area (Å²) in [6.07, 6.45) is 1.44. The Kier molecular flexibility index (Phi) is 7.69. The molecule has 7 nitrogen and oxygen atoms in total. The molecule has 0 aliphatic carbocycles. The standard InChI is InChI=1S/C20H26N2O5S/c1-4-19(22(28(3,24)25)16-8-6-5-7-9-16)20(23)21-14-15-27-18-12-10-17(26-2)11-13-18/h5-13,19H,4,14-15H2,1-3H3,(H,21,23)/t19-/m1/s1. The van der Waals surface area contributed by atoms with E-state index in [0.717, 1.165) is 16.3 Å². The smallest absolute Gasteiger partial charge is 0.244 e. The Morgan fingerprint density at radius 1 is 1.07 bits per heavy atom. The van der Waals surface area contributed by atoms with Gasteiger partial charge in [-0.15, -0.1) is 0 Å². The number of para-hydroxylation sites is 1. The topological polar surface area (TPSA) is 84.9 Å². The predicted molar refractivity (Wildman–Crippen MR) is 109 cm³/mol. The van der Waals surface area contributed by atoms with Crippen LogP contribution in [0, 0.1) is 0 Å². The van der Waals surface area contributed by atoms with Crippen LogP contribution >= 0.6 is 0 Å². The number of methoxy groups -OCH3 is 1. The Bertz CT molecular complexity index is 854. The number of hydrogen-bond acceptors (Lipinski definition) is 5. The molecule has 2 aromatic carbocycles. The molecule has 2 aromatic rings. The van der Waals surface area contributed by atoms with Gasteiger partial charge in [0, 0.05) is 0 Å². The van der Waals surface area contributed by atoms with Crippen molar-refractivity contribution in [3.8, 4) is 11.5 Å². The number of amides is 1. The van der Waals surface area contributed by atoms with Crippen LogP contribution in [0.1, 0.15) is 13.3 Å². The molecule has 0 spiro atoms. The number of carbonyl (C=O) groups excluding carboxylic acids is 1. The van der Waals surface area contributed by atoms with Crippen molar-refractivity contribution in [2.75, 3.05) is 30.8 Å². The fourth-order valence-corrected chi connectivity index (χ4v) is 3.98. The molecule has 1 amide bonds. The van der Waals surface area contributed by atoms with Gasteiger partial charge in [0.1, 0.15) is 24.1 Å². The van der Waals surface area contributed by atoms with Crippen molar-refractivity contribution in [2.45, 2.75) is 19.4 Å². The first kappa shape index (κ1) is 21.6. The minimum atomic E-state index is -3.63. The molecule has 2 rings (SSSR count). The number of benzene rings is 2. The molecule has 0 fully saturated rings. The lowest BCUT2D eigenvalue weighted by atomic mass is 10.2. The van der Waals surface area contributed by atoms with Crippen LogP contribution in [0.2, 0.25) is 0 Å². The minimum absolute atomic E-state index is 0.258. The zero-order valence-corrected chi connectivity index (χ0v) is 17.1. The summed E-state index contributed by atoms with van der Waals surface area (Å²) in [7, 11) is -2.04. The van der Waals surface area contributed by atoms with E-state index >= 15 is 0 Å². The number of nitrogens with one attached hydrogen (secondary N) is 1. The summed E-state index contributed by atoms with van der Waals surface area (Å²) in [6.45, 7) is 2.30. The highest BCUT2D eigenvalue weighted by atomic mass is 32.2. The molecule has 1 atom stereocenters. The van der Waals surface area contributed by atoms with Crippen LogP contribution in [-0.2, 0) is 14.8 Å². The monoisotopic (exact) mass is 406 g/mol. The van der Waals surface area contributed by atoms with Gasteiger partial charge in [-0.05, 0) is 42.8 Å². The molecule has 8 heteroatoms. The van der Waals surface area contributed by atoms with Gasteiger partial charge in [-0.3, -0.25) is 9.10 Å². The van der Waals surface area contributed by atoms with Gasteiger partial charge in [-0.2, -0.15) is 0 Å². The Morgan fingerprint density at radius 2 is 1.68 bits per heavy atom. The van der Waals surface area contributed by atoms with Crippen molar-refractivity contribution < 1.29 is 22.7 Å². The quantitative estimate of drug-likeness (QED) is 0.613. The van der Waals surface area contributed by atoms with Crippen LogP contribution in [0.25, 0.3) is 0 Å². The molecule has 0 saturated heterocycles. The fraction of sp³-hybridized carbons (Fsp3) is 0.350. The molecule has 1 N–H and O–H groups in total. The molecule has 0 unspecified atom stereocenters. The van der Waals surface area contributed by atoms with Gasteiger partial charge in [-0.1, -0.05) is 25.1 Å². The van der Waals surface area contributed by atoms with E-state index in [4.69, 9.17) is 9.47 Å². The molecule has 0 radical (unpaired) electrons. The lowest BCUT2D eigenvalue weighted by molar-refractivity contribution is -0.122. The summed E-state index contributed by atoms with van der Waals surface area (Å²) >= 11 is 0. The third-order valence-electron chi connectivity index (χ3n) is 4.07. The second-order valence-electron chi connectivity index (χ2n) is 6.13. The van der Waals surface area contributed by atoms with E-state index < -0.39 is 16.1 Å². The van der Waals surface area contributed by atoms with Crippen molar-refractivity contribution in [3.63, 3.8) is 0 Å². The minimum Gasteiger partial charge on any atom is -0.497 e. The van der Waals surface area contributed by atoms with E-state index in [9.17, 15) is 13.2 Å². The molecule has 28 heavy (non-hydrogen) atoms. The molecule has 0 aliphatic heterocycles. The van der Waals surface area contributed by atoms with Gasteiger partial charge in [0.2, 0.25) is 15.9 Å². The van der Waals surface area contributed by atoms with Gasteiger partial charge >= 0.3 is 0 Å². The molecule has 0 saturated carbocycles. The number of sulfonamides is 1. The first-order valence-electron chi connectivity index (χ1n) is 8.95. The average molecular weight is 407 g/mol. The summed E-state index contributed by atoms with van der Waals surface area (Å²) in [6, 6.07) is 14.9. The maximum absolute atomic E-state index is 12.6. The third-order valence-corrected chi connectivity index (χ3v) is 5.25. The molecular formula is C20H26N2O5S. The first-order valence-corrected chi connectivity index (χ1v) is 10.8. The van der Waals surface area contributed by atoms with E-state index in [0.29, 0.717) is 17.9 Å². The molecule has 0 heterocycles. The number of carbonyl (C=O) groups is 1. The largest absolute Gasteiger partial charge is 0.497 e. The van der Waals surface area contributed by atoms with E-state index in [1.807, 2.05) is 0 Å². The number of anilines is 1. The van der Waals surface area contributed by atoms with Crippen molar-refractivity contribution >= 4 is 21.6 Å². The van der Waals surface area contributed by atoms with Gasteiger partial charge in [-0.25, -0.2) is 8.42 Å². The van der Waals surface area contributed by atoms with Crippen LogP contribution < -0.4 is 19.1 Å². The number of ether oxygens (including phenoxy) is 2. The summed E-state index contributed by atoms with van der Waals surface area (Å²) in [5.41, 5.74) is 0.460. The van der Waals surface area contributed by atoms with Crippen LogP contribution in [-0.4, -0.2) is 46.9 Å². The molecular weight excluding hydrogens is 380 g/mol. The highest BCUT2D eigenvalue weighted by Crippen LogP contribution is 2.22. The van der Waals surface area contributed by atoms with Crippen molar-refractivity contribution in [1.82, 2.24) is 5.32 Å².